The average Bonchev–Trinajstić information content (AvgIpc) is 3.71. The summed E-state index contributed by atoms with van der Waals surface area (Å²) in [5.41, 5.74) is 2.29. The molecule has 1 aromatic carbocycles. The van der Waals surface area contributed by atoms with E-state index >= 15 is 0 Å². The Bertz CT molecular complexity index is 1390. The van der Waals surface area contributed by atoms with Gasteiger partial charge in [-0.15, -0.1) is 5.10 Å². The molecule has 2 fully saturated rings. The van der Waals surface area contributed by atoms with Crippen LogP contribution in [-0.2, 0) is 22.6 Å². The third kappa shape index (κ3) is 5.09. The summed E-state index contributed by atoms with van der Waals surface area (Å²) in [5, 5.41) is 13.8. The lowest BCUT2D eigenvalue weighted by Gasteiger charge is -2.32. The van der Waals surface area contributed by atoms with Crippen molar-refractivity contribution in [3.8, 4) is 0 Å². The minimum Gasteiger partial charge on any atom is -0.468 e. The molecule has 2 aliphatic rings. The SMILES string of the molecule is Cc1cccc2cc([C@H](c3nnnn3C[C@H]3CCCO3)N(Cc3ccco3)C[C@@H]3CCCO3)c(=O)[nH]c12. The van der Waals surface area contributed by atoms with Gasteiger partial charge in [0.1, 0.15) is 11.8 Å². The first-order chi connectivity index (χ1) is 18.2. The summed E-state index contributed by atoms with van der Waals surface area (Å²) in [6, 6.07) is 11.3. The molecule has 194 valence electrons. The maximum absolute atomic E-state index is 13.7. The van der Waals surface area contributed by atoms with Gasteiger partial charge in [-0.2, -0.15) is 0 Å². The molecule has 2 aliphatic heterocycles. The van der Waals surface area contributed by atoms with Crippen LogP contribution in [0.5, 0.6) is 0 Å². The number of tetrazole rings is 1. The van der Waals surface area contributed by atoms with Crippen LogP contribution in [0.3, 0.4) is 0 Å². The number of pyridine rings is 1. The van der Waals surface area contributed by atoms with Crippen molar-refractivity contribution in [3.05, 3.63) is 75.7 Å². The van der Waals surface area contributed by atoms with Gasteiger partial charge in [0.15, 0.2) is 5.82 Å². The molecular weight excluding hydrogens is 472 g/mol. The molecule has 0 radical (unpaired) electrons. The van der Waals surface area contributed by atoms with Gasteiger partial charge in [0.2, 0.25) is 0 Å². The Morgan fingerprint density at radius 2 is 1.97 bits per heavy atom. The van der Waals surface area contributed by atoms with Crippen molar-refractivity contribution in [1.82, 2.24) is 30.1 Å². The number of aromatic amines is 1. The Hall–Kier alpha value is -3.34. The van der Waals surface area contributed by atoms with E-state index in [1.807, 2.05) is 43.3 Å². The van der Waals surface area contributed by atoms with Gasteiger partial charge >= 0.3 is 0 Å². The molecule has 0 saturated carbocycles. The second-order valence-electron chi connectivity index (χ2n) is 9.99. The molecule has 10 nitrogen and oxygen atoms in total. The number of fused-ring (bicyclic) bond motifs is 1. The summed E-state index contributed by atoms with van der Waals surface area (Å²) >= 11 is 0. The van der Waals surface area contributed by atoms with Gasteiger partial charge in [0, 0.05) is 25.3 Å². The molecule has 0 spiro atoms. The van der Waals surface area contributed by atoms with E-state index < -0.39 is 6.04 Å². The minimum atomic E-state index is -0.514. The van der Waals surface area contributed by atoms with Gasteiger partial charge in [0.25, 0.3) is 5.56 Å². The van der Waals surface area contributed by atoms with E-state index in [9.17, 15) is 4.79 Å². The molecule has 6 rings (SSSR count). The van der Waals surface area contributed by atoms with Gasteiger partial charge in [-0.3, -0.25) is 9.69 Å². The molecule has 37 heavy (non-hydrogen) atoms. The van der Waals surface area contributed by atoms with E-state index in [1.54, 1.807) is 10.9 Å². The Labute approximate surface area is 214 Å². The summed E-state index contributed by atoms with van der Waals surface area (Å²) in [5.74, 6) is 1.41. The second-order valence-corrected chi connectivity index (χ2v) is 9.99. The van der Waals surface area contributed by atoms with Gasteiger partial charge in [0.05, 0.1) is 37.1 Å². The normalized spacial score (nSPS) is 20.8. The number of para-hydroxylation sites is 1. The van der Waals surface area contributed by atoms with Crippen molar-refractivity contribution in [2.45, 2.75) is 63.9 Å². The van der Waals surface area contributed by atoms with Crippen LogP contribution in [0.1, 0.15) is 54.4 Å². The van der Waals surface area contributed by atoms with Crippen molar-refractivity contribution in [2.24, 2.45) is 0 Å². The maximum atomic E-state index is 13.7. The van der Waals surface area contributed by atoms with Crippen molar-refractivity contribution in [3.63, 3.8) is 0 Å². The van der Waals surface area contributed by atoms with E-state index in [-0.39, 0.29) is 17.8 Å². The number of hydrogen-bond donors (Lipinski definition) is 1. The Morgan fingerprint density at radius 1 is 1.14 bits per heavy atom. The van der Waals surface area contributed by atoms with Crippen LogP contribution in [0.15, 0.2) is 51.9 Å². The highest BCUT2D eigenvalue weighted by Gasteiger charge is 2.34. The first kappa shape index (κ1) is 24.0. The zero-order valence-corrected chi connectivity index (χ0v) is 21.0. The van der Waals surface area contributed by atoms with Crippen LogP contribution >= 0.6 is 0 Å². The number of nitrogens with one attached hydrogen (secondary N) is 1. The third-order valence-electron chi connectivity index (χ3n) is 7.38. The molecule has 1 N–H and O–H groups in total. The Balaban J connectivity index is 1.47. The summed E-state index contributed by atoms with van der Waals surface area (Å²) in [6.07, 6.45) is 5.76. The lowest BCUT2D eigenvalue weighted by molar-refractivity contribution is 0.0528. The van der Waals surface area contributed by atoms with Gasteiger partial charge in [-0.1, -0.05) is 18.2 Å². The number of aryl methyl sites for hydroxylation is 1. The second kappa shape index (κ2) is 10.6. The van der Waals surface area contributed by atoms with Crippen LogP contribution in [0.4, 0.5) is 0 Å². The largest absolute Gasteiger partial charge is 0.468 e. The number of nitrogens with zero attached hydrogens (tertiary/aromatic N) is 5. The fourth-order valence-corrected chi connectivity index (χ4v) is 5.53. The van der Waals surface area contributed by atoms with Crippen molar-refractivity contribution in [1.29, 1.82) is 0 Å². The lowest BCUT2D eigenvalue weighted by atomic mass is 10.0. The summed E-state index contributed by atoms with van der Waals surface area (Å²) < 4.78 is 19.4. The molecule has 5 heterocycles. The van der Waals surface area contributed by atoms with Gasteiger partial charge in [-0.05, 0) is 72.2 Å². The molecule has 0 bridgehead atoms. The summed E-state index contributed by atoms with van der Waals surface area (Å²) in [6.45, 7) is 5.13. The number of furan rings is 1. The highest BCUT2D eigenvalue weighted by Crippen LogP contribution is 2.31. The Morgan fingerprint density at radius 3 is 2.73 bits per heavy atom. The van der Waals surface area contributed by atoms with Crippen molar-refractivity contribution >= 4 is 10.9 Å². The van der Waals surface area contributed by atoms with Crippen molar-refractivity contribution in [2.75, 3.05) is 19.8 Å². The molecule has 3 aromatic heterocycles. The zero-order valence-electron chi connectivity index (χ0n) is 21.0. The number of rotatable bonds is 9. The van der Waals surface area contributed by atoms with E-state index in [0.717, 1.165) is 61.1 Å². The molecule has 10 heteroatoms. The molecule has 0 unspecified atom stereocenters. The predicted molar refractivity (Wildman–Crippen MR) is 136 cm³/mol. The predicted octanol–water partition coefficient (Wildman–Crippen LogP) is 3.37. The lowest BCUT2D eigenvalue weighted by Crippen LogP contribution is -2.39. The summed E-state index contributed by atoms with van der Waals surface area (Å²) in [7, 11) is 0. The third-order valence-corrected chi connectivity index (χ3v) is 7.38. The van der Waals surface area contributed by atoms with Crippen molar-refractivity contribution < 1.29 is 13.9 Å². The van der Waals surface area contributed by atoms with E-state index in [0.29, 0.717) is 31.0 Å². The van der Waals surface area contributed by atoms with Gasteiger partial charge in [-0.25, -0.2) is 4.68 Å². The van der Waals surface area contributed by atoms with Crippen LogP contribution in [0.25, 0.3) is 10.9 Å². The molecule has 3 atom stereocenters. The number of H-pyrrole nitrogens is 1. The standard InChI is InChI=1S/C27H32N6O4/c1-18-6-2-7-19-14-23(27(34)28-24(18)19)25(26-29-30-31-33(26)17-22-10-5-13-37-22)32(15-20-8-3-11-35-20)16-21-9-4-12-36-21/h2-3,6-8,11,14,21-22,25H,4-5,9-10,12-13,15-17H2,1H3,(H,28,34)/t21-,22+,25+/m0/s1. The number of hydrogen-bond acceptors (Lipinski definition) is 8. The number of benzene rings is 1. The topological polar surface area (TPSA) is 111 Å². The Kier molecular flexibility index (Phi) is 6.86. The zero-order chi connectivity index (χ0) is 25.2. The molecule has 2 saturated heterocycles. The molecule has 0 aliphatic carbocycles. The van der Waals surface area contributed by atoms with Crippen LogP contribution in [0, 0.1) is 6.92 Å². The van der Waals surface area contributed by atoms with Gasteiger partial charge < -0.3 is 18.9 Å². The highest BCUT2D eigenvalue weighted by atomic mass is 16.5. The van der Waals surface area contributed by atoms with E-state index in [2.05, 4.69) is 25.4 Å². The molecular formula is C27H32N6O4. The highest BCUT2D eigenvalue weighted by molar-refractivity contribution is 5.82. The number of ether oxygens (including phenoxy) is 2. The monoisotopic (exact) mass is 504 g/mol. The van der Waals surface area contributed by atoms with Crippen LogP contribution < -0.4 is 5.56 Å². The molecule has 4 aromatic rings. The van der Waals surface area contributed by atoms with Crippen LogP contribution in [0.2, 0.25) is 0 Å². The van der Waals surface area contributed by atoms with E-state index in [4.69, 9.17) is 13.9 Å². The minimum absolute atomic E-state index is 0.0529. The first-order valence-electron chi connectivity index (χ1n) is 13.0. The summed E-state index contributed by atoms with van der Waals surface area (Å²) in [4.78, 5) is 19.0. The number of aromatic nitrogens is 5. The molecule has 0 amide bonds. The smallest absolute Gasteiger partial charge is 0.253 e. The maximum Gasteiger partial charge on any atom is 0.253 e. The van der Waals surface area contributed by atoms with E-state index in [1.165, 1.54) is 0 Å². The fraction of sp³-hybridized carbons (Fsp3) is 0.481. The quantitative estimate of drug-likeness (QED) is 0.369. The van der Waals surface area contributed by atoms with Crippen LogP contribution in [-0.4, -0.2) is 62.1 Å². The first-order valence-corrected chi connectivity index (χ1v) is 13.0. The average molecular weight is 505 g/mol. The fourth-order valence-electron chi connectivity index (χ4n) is 5.53.